The third-order valence-electron chi connectivity index (χ3n) is 5.49. The van der Waals surface area contributed by atoms with E-state index in [2.05, 4.69) is 31.0 Å². The Labute approximate surface area is 217 Å². The van der Waals surface area contributed by atoms with Crippen LogP contribution in [0.3, 0.4) is 0 Å². The van der Waals surface area contributed by atoms with E-state index in [0.29, 0.717) is 15.6 Å². The molecule has 0 saturated heterocycles. The van der Waals surface area contributed by atoms with Crippen LogP contribution >= 0.6 is 23.1 Å². The van der Waals surface area contributed by atoms with Gasteiger partial charge in [-0.15, -0.1) is 10.2 Å². The summed E-state index contributed by atoms with van der Waals surface area (Å²) in [4.78, 5) is 24.1. The van der Waals surface area contributed by atoms with Gasteiger partial charge in [-0.2, -0.15) is 4.68 Å². The molecular weight excluding hydrogens is 520 g/mol. The summed E-state index contributed by atoms with van der Waals surface area (Å²) in [6, 6.07) is 13.2. The second-order valence-corrected chi connectivity index (χ2v) is 9.77. The first-order chi connectivity index (χ1) is 18.0. The summed E-state index contributed by atoms with van der Waals surface area (Å²) < 4.78 is 12.3. The van der Waals surface area contributed by atoms with Gasteiger partial charge in [-0.3, -0.25) is 10.1 Å². The summed E-state index contributed by atoms with van der Waals surface area (Å²) in [6.45, 7) is 0. The van der Waals surface area contributed by atoms with E-state index < -0.39 is 16.9 Å². The normalized spacial score (nSPS) is 14.6. The summed E-state index contributed by atoms with van der Waals surface area (Å²) in [5.41, 5.74) is 1.81. The largest absolute Gasteiger partial charge is 0.490 e. The highest BCUT2D eigenvalue weighted by molar-refractivity contribution is 8.01. The number of ether oxygens (including phenoxy) is 2. The van der Waals surface area contributed by atoms with Crippen molar-refractivity contribution >= 4 is 40.7 Å². The van der Waals surface area contributed by atoms with E-state index >= 15 is 0 Å². The van der Waals surface area contributed by atoms with Gasteiger partial charge in [0.2, 0.25) is 5.95 Å². The van der Waals surface area contributed by atoms with E-state index in [4.69, 9.17) is 9.47 Å². The van der Waals surface area contributed by atoms with Crippen molar-refractivity contribution < 1.29 is 19.2 Å². The predicted octanol–water partition coefficient (Wildman–Crippen LogP) is 3.34. The first-order valence-corrected chi connectivity index (χ1v) is 12.5. The summed E-state index contributed by atoms with van der Waals surface area (Å²) in [6.07, 6.45) is 0. The van der Waals surface area contributed by atoms with Gasteiger partial charge in [-0.05, 0) is 22.1 Å². The first-order valence-electron chi connectivity index (χ1n) is 10.7. The number of nitro benzene ring substituents is 1. The molecule has 15 heteroatoms. The number of benzene rings is 2. The lowest BCUT2D eigenvalue weighted by Gasteiger charge is -2.28. The summed E-state index contributed by atoms with van der Waals surface area (Å²) >= 11 is 2.80. The number of hydrogen-bond donors (Lipinski definition) is 1. The van der Waals surface area contributed by atoms with Gasteiger partial charge >= 0.3 is 11.7 Å². The Kier molecular flexibility index (Phi) is 6.78. The maximum Gasteiger partial charge on any atom is 0.338 e. The van der Waals surface area contributed by atoms with Crippen LogP contribution in [0.1, 0.15) is 11.6 Å². The fourth-order valence-electron chi connectivity index (χ4n) is 3.83. The number of esters is 1. The van der Waals surface area contributed by atoms with Crippen molar-refractivity contribution in [3.8, 4) is 16.3 Å². The third-order valence-corrected chi connectivity index (χ3v) is 7.62. The highest BCUT2D eigenvalue weighted by Crippen LogP contribution is 2.40. The molecule has 188 valence electrons. The maximum atomic E-state index is 13.0. The number of methoxy groups -OCH3 is 2. The van der Waals surface area contributed by atoms with Crippen LogP contribution in [0, 0.1) is 10.1 Å². The Morgan fingerprint density at radius 3 is 2.73 bits per heavy atom. The van der Waals surface area contributed by atoms with Gasteiger partial charge in [0.1, 0.15) is 11.0 Å². The van der Waals surface area contributed by atoms with E-state index in [-0.39, 0.29) is 28.7 Å². The molecule has 1 unspecified atom stereocenters. The number of hydrogen-bond acceptors (Lipinski definition) is 13. The number of aromatic nitrogens is 6. The minimum absolute atomic E-state index is 0.0875. The molecule has 2 aromatic carbocycles. The molecule has 3 heterocycles. The van der Waals surface area contributed by atoms with Gasteiger partial charge in [0.15, 0.2) is 10.1 Å². The molecule has 1 atom stereocenters. The highest BCUT2D eigenvalue weighted by Gasteiger charge is 2.37. The SMILES string of the molecule is COC(=O)C1=C(CSc2nnc(-c3ccccc3)s2)Nc2nnnn2C1c1ccc(OC)c([N+](=O)[O-])c1. The van der Waals surface area contributed by atoms with E-state index in [1.54, 1.807) is 6.07 Å². The van der Waals surface area contributed by atoms with Crippen LogP contribution < -0.4 is 10.1 Å². The fourth-order valence-corrected chi connectivity index (χ4v) is 5.65. The smallest absolute Gasteiger partial charge is 0.338 e. The average molecular weight is 539 g/mol. The molecule has 2 aromatic heterocycles. The summed E-state index contributed by atoms with van der Waals surface area (Å²) in [5, 5.41) is 35.8. The molecule has 1 aliphatic heterocycles. The first kappa shape index (κ1) is 24.3. The zero-order valence-electron chi connectivity index (χ0n) is 19.4. The highest BCUT2D eigenvalue weighted by atomic mass is 32.2. The number of carbonyl (C=O) groups excluding carboxylic acids is 1. The number of thioether (sulfide) groups is 1. The molecule has 0 aliphatic carbocycles. The molecule has 4 aromatic rings. The quantitative estimate of drug-likeness (QED) is 0.151. The van der Waals surface area contributed by atoms with Gasteiger partial charge in [0.05, 0.1) is 24.7 Å². The van der Waals surface area contributed by atoms with E-state index in [9.17, 15) is 14.9 Å². The molecule has 0 saturated carbocycles. The zero-order valence-corrected chi connectivity index (χ0v) is 21.0. The van der Waals surface area contributed by atoms with Crippen LogP contribution in [0.4, 0.5) is 11.6 Å². The number of tetrazole rings is 1. The molecule has 0 amide bonds. The Bertz CT molecular complexity index is 1500. The van der Waals surface area contributed by atoms with Crippen LogP contribution in [0.5, 0.6) is 5.75 Å². The topological polar surface area (TPSA) is 160 Å². The van der Waals surface area contributed by atoms with Crippen LogP contribution in [-0.4, -0.2) is 61.3 Å². The monoisotopic (exact) mass is 538 g/mol. The van der Waals surface area contributed by atoms with Crippen molar-refractivity contribution in [2.45, 2.75) is 10.4 Å². The van der Waals surface area contributed by atoms with E-state index in [1.807, 2.05) is 30.3 Å². The Morgan fingerprint density at radius 2 is 2.00 bits per heavy atom. The lowest BCUT2D eigenvalue weighted by atomic mass is 9.95. The lowest BCUT2D eigenvalue weighted by Crippen LogP contribution is -2.31. The number of fused-ring (bicyclic) bond motifs is 1. The van der Waals surface area contributed by atoms with Gasteiger partial charge in [-0.1, -0.05) is 64.6 Å². The van der Waals surface area contributed by atoms with Crippen LogP contribution in [0.2, 0.25) is 0 Å². The van der Waals surface area contributed by atoms with Crippen molar-refractivity contribution in [2.75, 3.05) is 25.3 Å². The van der Waals surface area contributed by atoms with E-state index in [0.717, 1.165) is 10.6 Å². The lowest BCUT2D eigenvalue weighted by molar-refractivity contribution is -0.385. The molecule has 5 rings (SSSR count). The fraction of sp³-hybridized carbons (Fsp3) is 0.182. The minimum atomic E-state index is -0.881. The number of rotatable bonds is 8. The van der Waals surface area contributed by atoms with Gasteiger partial charge in [0, 0.05) is 23.1 Å². The van der Waals surface area contributed by atoms with E-state index in [1.165, 1.54) is 54.1 Å². The number of nitro groups is 1. The van der Waals surface area contributed by atoms with Crippen molar-refractivity contribution in [1.29, 1.82) is 0 Å². The maximum absolute atomic E-state index is 13.0. The molecule has 0 bridgehead atoms. The Morgan fingerprint density at radius 1 is 1.19 bits per heavy atom. The van der Waals surface area contributed by atoms with Gasteiger partial charge in [-0.25, -0.2) is 4.79 Å². The molecule has 13 nitrogen and oxygen atoms in total. The standard InChI is InChI=1S/C22H18N8O5S2/c1-34-16-9-8-13(10-15(16)30(32)33)18-17(20(31)35-2)14(23-21-25-27-28-29(18)21)11-36-22-26-24-19(37-22)12-6-4-3-5-7-12/h3-10,18H,11H2,1-2H3,(H,23,25,28). The second-order valence-electron chi connectivity index (χ2n) is 7.57. The molecule has 0 spiro atoms. The molecular formula is C22H18N8O5S2. The molecule has 1 aliphatic rings. The van der Waals surface area contributed by atoms with Crippen LogP contribution in [0.15, 0.2) is 64.1 Å². The van der Waals surface area contributed by atoms with Gasteiger partial charge in [0.25, 0.3) is 0 Å². The van der Waals surface area contributed by atoms with Crippen molar-refractivity contribution in [3.05, 3.63) is 75.5 Å². The molecule has 1 N–H and O–H groups in total. The van der Waals surface area contributed by atoms with Gasteiger partial charge < -0.3 is 14.8 Å². The summed E-state index contributed by atoms with van der Waals surface area (Å²) in [7, 11) is 2.61. The van der Waals surface area contributed by atoms with Crippen molar-refractivity contribution in [2.24, 2.45) is 0 Å². The number of carbonyl (C=O) groups is 1. The number of anilines is 1. The van der Waals surface area contributed by atoms with Crippen LogP contribution in [0.25, 0.3) is 10.6 Å². The third kappa shape index (κ3) is 4.73. The number of nitrogens with one attached hydrogen (secondary N) is 1. The second kappa shape index (κ2) is 10.3. The van der Waals surface area contributed by atoms with Crippen molar-refractivity contribution in [1.82, 2.24) is 30.4 Å². The molecule has 0 fully saturated rings. The minimum Gasteiger partial charge on any atom is -0.490 e. The number of nitrogens with zero attached hydrogens (tertiary/aromatic N) is 7. The predicted molar refractivity (Wildman–Crippen MR) is 134 cm³/mol. The summed E-state index contributed by atoms with van der Waals surface area (Å²) in [5.74, 6) is 0.0172. The van der Waals surface area contributed by atoms with Crippen LogP contribution in [-0.2, 0) is 9.53 Å². The molecule has 0 radical (unpaired) electrons. The van der Waals surface area contributed by atoms with Crippen molar-refractivity contribution in [3.63, 3.8) is 0 Å². The average Bonchev–Trinajstić information content (AvgIpc) is 3.60. The Balaban J connectivity index is 1.53. The zero-order chi connectivity index (χ0) is 25.9. The Hall–Kier alpha value is -4.37. The molecule has 37 heavy (non-hydrogen) atoms.